The molecule has 3 aromatic carbocycles. The summed E-state index contributed by atoms with van der Waals surface area (Å²) in [7, 11) is 1.64. The quantitative estimate of drug-likeness (QED) is 0.570. The van der Waals surface area contributed by atoms with Crippen molar-refractivity contribution in [2.45, 2.75) is 0 Å². The smallest absolute Gasteiger partial charge is 0.271 e. The fourth-order valence-corrected chi connectivity index (χ4v) is 2.54. The Morgan fingerprint density at radius 3 is 2.46 bits per heavy atom. The average molecular weight is 339 g/mol. The lowest BCUT2D eigenvalue weighted by atomic mass is 10.0. The Balaban J connectivity index is 1.81. The molecule has 0 aliphatic rings. The van der Waals surface area contributed by atoms with Crippen molar-refractivity contribution in [1.29, 1.82) is 0 Å². The van der Waals surface area contributed by atoms with E-state index in [1.807, 2.05) is 36.4 Å². The zero-order valence-electron chi connectivity index (χ0n) is 13.0. The van der Waals surface area contributed by atoms with Gasteiger partial charge in [-0.05, 0) is 41.8 Å². The largest absolute Gasteiger partial charge is 0.496 e. The first kappa shape index (κ1) is 16.0. The third-order valence-electron chi connectivity index (χ3n) is 3.61. The number of rotatable bonds is 4. The molecule has 0 spiro atoms. The van der Waals surface area contributed by atoms with Gasteiger partial charge < -0.3 is 4.74 Å². The number of methoxy groups -OCH3 is 1. The maximum atomic E-state index is 12.0. The Labute approximate surface area is 144 Å². The van der Waals surface area contributed by atoms with Gasteiger partial charge in [-0.1, -0.05) is 35.9 Å². The Morgan fingerprint density at radius 2 is 1.75 bits per heavy atom. The van der Waals surface area contributed by atoms with Gasteiger partial charge in [0.15, 0.2) is 0 Å². The molecule has 0 radical (unpaired) electrons. The molecule has 0 aliphatic heterocycles. The maximum Gasteiger partial charge on any atom is 0.271 e. The molecule has 5 heteroatoms. The first-order valence-corrected chi connectivity index (χ1v) is 7.71. The van der Waals surface area contributed by atoms with E-state index in [4.69, 9.17) is 16.3 Å². The highest BCUT2D eigenvalue weighted by Crippen LogP contribution is 2.27. The second kappa shape index (κ2) is 7.15. The Hall–Kier alpha value is -2.85. The van der Waals surface area contributed by atoms with E-state index in [2.05, 4.69) is 10.5 Å². The minimum Gasteiger partial charge on any atom is -0.496 e. The van der Waals surface area contributed by atoms with E-state index in [-0.39, 0.29) is 5.91 Å². The molecule has 24 heavy (non-hydrogen) atoms. The molecule has 120 valence electrons. The van der Waals surface area contributed by atoms with Crippen molar-refractivity contribution in [3.8, 4) is 5.75 Å². The molecule has 0 fully saturated rings. The number of ether oxygens (including phenoxy) is 1. The van der Waals surface area contributed by atoms with Crippen LogP contribution in [0.1, 0.15) is 15.9 Å². The summed E-state index contributed by atoms with van der Waals surface area (Å²) in [6, 6.07) is 18.3. The van der Waals surface area contributed by atoms with Crippen molar-refractivity contribution in [1.82, 2.24) is 5.43 Å². The number of carbonyl (C=O) groups excluding carboxylic acids is 1. The molecule has 0 atom stereocenters. The summed E-state index contributed by atoms with van der Waals surface area (Å²) in [6.45, 7) is 0. The Morgan fingerprint density at radius 1 is 1.04 bits per heavy atom. The minimum atomic E-state index is -0.291. The summed E-state index contributed by atoms with van der Waals surface area (Å²) in [5.74, 6) is 0.508. The van der Waals surface area contributed by atoms with Gasteiger partial charge in [-0.2, -0.15) is 5.10 Å². The fraction of sp³-hybridized carbons (Fsp3) is 0.0526. The molecular formula is C19H15ClN2O2. The number of nitrogens with one attached hydrogen (secondary N) is 1. The van der Waals surface area contributed by atoms with Crippen LogP contribution in [0.15, 0.2) is 65.8 Å². The monoisotopic (exact) mass is 338 g/mol. The van der Waals surface area contributed by atoms with E-state index >= 15 is 0 Å². The van der Waals surface area contributed by atoms with Crippen molar-refractivity contribution < 1.29 is 9.53 Å². The minimum absolute atomic E-state index is 0.291. The SMILES string of the molecule is COc1ccc(/C=N/NC(=O)c2ccc(Cl)cc2)c2ccccc12. The first-order chi connectivity index (χ1) is 11.7. The van der Waals surface area contributed by atoms with Gasteiger partial charge in [-0.3, -0.25) is 4.79 Å². The van der Waals surface area contributed by atoms with Crippen LogP contribution in [0.2, 0.25) is 5.02 Å². The maximum absolute atomic E-state index is 12.0. The summed E-state index contributed by atoms with van der Waals surface area (Å²) in [4.78, 5) is 12.0. The molecule has 3 aromatic rings. The lowest BCUT2D eigenvalue weighted by molar-refractivity contribution is 0.0955. The topological polar surface area (TPSA) is 50.7 Å². The molecule has 0 aromatic heterocycles. The highest BCUT2D eigenvalue weighted by Gasteiger charge is 2.05. The zero-order valence-corrected chi connectivity index (χ0v) is 13.7. The highest BCUT2D eigenvalue weighted by molar-refractivity contribution is 6.30. The first-order valence-electron chi connectivity index (χ1n) is 7.34. The lowest BCUT2D eigenvalue weighted by Gasteiger charge is -2.07. The van der Waals surface area contributed by atoms with Crippen LogP contribution in [0, 0.1) is 0 Å². The summed E-state index contributed by atoms with van der Waals surface area (Å²) in [5, 5.41) is 6.63. The second-order valence-corrected chi connectivity index (χ2v) is 5.55. The Bertz CT molecular complexity index is 905. The predicted octanol–water partition coefficient (Wildman–Crippen LogP) is 4.27. The average Bonchev–Trinajstić information content (AvgIpc) is 2.62. The van der Waals surface area contributed by atoms with Crippen molar-refractivity contribution >= 4 is 34.5 Å². The molecule has 1 amide bonds. The van der Waals surface area contributed by atoms with Crippen molar-refractivity contribution in [3.05, 3.63) is 76.8 Å². The number of hydrazone groups is 1. The zero-order chi connectivity index (χ0) is 16.9. The molecule has 0 saturated heterocycles. The van der Waals surface area contributed by atoms with Crippen LogP contribution in [0.5, 0.6) is 5.75 Å². The van der Waals surface area contributed by atoms with Gasteiger partial charge in [0.05, 0.1) is 13.3 Å². The fourth-order valence-electron chi connectivity index (χ4n) is 2.41. The number of hydrogen-bond donors (Lipinski definition) is 1. The van der Waals surface area contributed by atoms with E-state index in [9.17, 15) is 4.79 Å². The number of nitrogens with zero attached hydrogens (tertiary/aromatic N) is 1. The van der Waals surface area contributed by atoms with Crippen molar-refractivity contribution in [2.75, 3.05) is 7.11 Å². The van der Waals surface area contributed by atoms with Gasteiger partial charge in [0.25, 0.3) is 5.91 Å². The van der Waals surface area contributed by atoms with Crippen LogP contribution in [0.25, 0.3) is 10.8 Å². The molecule has 1 N–H and O–H groups in total. The number of halogens is 1. The molecular weight excluding hydrogens is 324 g/mol. The second-order valence-electron chi connectivity index (χ2n) is 5.11. The van der Waals surface area contributed by atoms with Gasteiger partial charge in [0.1, 0.15) is 5.75 Å². The molecule has 0 bridgehead atoms. The Kier molecular flexibility index (Phi) is 4.77. The van der Waals surface area contributed by atoms with E-state index in [1.54, 1.807) is 37.6 Å². The third-order valence-corrected chi connectivity index (χ3v) is 3.87. The van der Waals surface area contributed by atoms with E-state index < -0.39 is 0 Å². The van der Waals surface area contributed by atoms with Crippen LogP contribution in [0.4, 0.5) is 0 Å². The van der Waals surface area contributed by atoms with Crippen molar-refractivity contribution in [2.24, 2.45) is 5.10 Å². The normalized spacial score (nSPS) is 10.9. The number of hydrogen-bond acceptors (Lipinski definition) is 3. The molecule has 0 heterocycles. The van der Waals surface area contributed by atoms with E-state index in [0.29, 0.717) is 10.6 Å². The number of carbonyl (C=O) groups is 1. The van der Waals surface area contributed by atoms with Gasteiger partial charge in [0, 0.05) is 21.5 Å². The van der Waals surface area contributed by atoms with Crippen LogP contribution in [0.3, 0.4) is 0 Å². The predicted molar refractivity (Wildman–Crippen MR) is 97.0 cm³/mol. The van der Waals surface area contributed by atoms with Crippen LogP contribution in [-0.2, 0) is 0 Å². The lowest BCUT2D eigenvalue weighted by Crippen LogP contribution is -2.17. The van der Waals surface area contributed by atoms with Gasteiger partial charge >= 0.3 is 0 Å². The number of fused-ring (bicyclic) bond motifs is 1. The molecule has 3 rings (SSSR count). The summed E-state index contributed by atoms with van der Waals surface area (Å²) < 4.78 is 5.37. The molecule has 0 aliphatic carbocycles. The standard InChI is InChI=1S/C19H15ClN2O2/c1-24-18-11-8-14(16-4-2-3-5-17(16)18)12-21-22-19(23)13-6-9-15(20)10-7-13/h2-12H,1H3,(H,22,23)/b21-12+. The summed E-state index contributed by atoms with van der Waals surface area (Å²) in [6.07, 6.45) is 1.62. The van der Waals surface area contributed by atoms with Gasteiger partial charge in [0.2, 0.25) is 0 Å². The van der Waals surface area contributed by atoms with Crippen molar-refractivity contribution in [3.63, 3.8) is 0 Å². The third kappa shape index (κ3) is 3.39. The molecule has 0 saturated carbocycles. The van der Waals surface area contributed by atoms with E-state index in [0.717, 1.165) is 22.1 Å². The van der Waals surface area contributed by atoms with Gasteiger partial charge in [-0.25, -0.2) is 5.43 Å². The molecule has 0 unspecified atom stereocenters. The molecule has 4 nitrogen and oxygen atoms in total. The number of benzene rings is 3. The summed E-state index contributed by atoms with van der Waals surface area (Å²) in [5.41, 5.74) is 3.90. The van der Waals surface area contributed by atoms with Crippen LogP contribution < -0.4 is 10.2 Å². The van der Waals surface area contributed by atoms with Crippen LogP contribution in [-0.4, -0.2) is 19.2 Å². The highest BCUT2D eigenvalue weighted by atomic mass is 35.5. The summed E-state index contributed by atoms with van der Waals surface area (Å²) >= 11 is 5.81. The number of amides is 1. The van der Waals surface area contributed by atoms with E-state index in [1.165, 1.54) is 0 Å². The van der Waals surface area contributed by atoms with Crippen LogP contribution >= 0.6 is 11.6 Å². The van der Waals surface area contributed by atoms with Gasteiger partial charge in [-0.15, -0.1) is 0 Å².